The van der Waals surface area contributed by atoms with E-state index in [2.05, 4.69) is 0 Å². The molecule has 0 aliphatic rings. The predicted octanol–water partition coefficient (Wildman–Crippen LogP) is 0.147. The molecule has 0 aromatic heterocycles. The molecule has 18 heavy (non-hydrogen) atoms. The van der Waals surface area contributed by atoms with Crippen molar-refractivity contribution in [3.63, 3.8) is 0 Å². The number of carbonyl (C=O) groups excluding carboxylic acids is 2. The van der Waals surface area contributed by atoms with Crippen molar-refractivity contribution >= 4 is 11.6 Å². The molecule has 0 aliphatic carbocycles. The van der Waals surface area contributed by atoms with E-state index in [1.165, 1.54) is 6.92 Å². The Balaban J connectivity index is -0.0000000506. The van der Waals surface area contributed by atoms with Crippen LogP contribution < -0.4 is 29.6 Å². The maximum absolute atomic E-state index is 10.2. The standard InChI is InChI=1S/C5H7NO.C5H10O.C3H5N.Na.H/c1-4(3-6)5(2)7;1-3-4-5(2)6;1-2-3-4;;/h4H,1-2H3;3-4H2,1-2H3;2H2,1H3;;/q;;;+1;-1. The number of nitriles is 2. The molecule has 1 unspecified atom stereocenters. The third-order valence-corrected chi connectivity index (χ3v) is 1.56. The van der Waals surface area contributed by atoms with Crippen molar-refractivity contribution in [1.29, 1.82) is 10.5 Å². The molecule has 0 aromatic carbocycles. The molecule has 0 N–H and O–H groups in total. The first-order chi connectivity index (χ1) is 7.87. The Morgan fingerprint density at radius 1 is 1.22 bits per heavy atom. The minimum Gasteiger partial charge on any atom is -1.00 e. The van der Waals surface area contributed by atoms with E-state index in [0.29, 0.717) is 6.42 Å². The summed E-state index contributed by atoms with van der Waals surface area (Å²) in [5, 5.41) is 15.7. The van der Waals surface area contributed by atoms with E-state index < -0.39 is 5.92 Å². The van der Waals surface area contributed by atoms with Gasteiger partial charge < -0.3 is 6.22 Å². The molecule has 98 valence electrons. The summed E-state index contributed by atoms with van der Waals surface area (Å²) in [5.41, 5.74) is 0. The first kappa shape index (κ1) is 26.0. The molecule has 1 atom stereocenters. The number of rotatable bonds is 3. The largest absolute Gasteiger partial charge is 1.00 e. The van der Waals surface area contributed by atoms with Gasteiger partial charge >= 0.3 is 29.6 Å². The average molecular weight is 262 g/mol. The van der Waals surface area contributed by atoms with Crippen LogP contribution in [0.3, 0.4) is 0 Å². The van der Waals surface area contributed by atoms with Gasteiger partial charge in [-0.3, -0.25) is 4.79 Å². The molecule has 0 aliphatic heterocycles. The van der Waals surface area contributed by atoms with Gasteiger partial charge in [-0.05, 0) is 27.2 Å². The van der Waals surface area contributed by atoms with Crippen LogP contribution in [0.15, 0.2) is 0 Å². The zero-order valence-corrected chi connectivity index (χ0v) is 14.4. The van der Waals surface area contributed by atoms with E-state index in [0.717, 1.165) is 12.8 Å². The molecular weight excluding hydrogens is 239 g/mol. The summed E-state index contributed by atoms with van der Waals surface area (Å²) < 4.78 is 0. The number of Topliss-reactive ketones (excluding diaryl/α,β-unsaturated/α-hetero) is 2. The van der Waals surface area contributed by atoms with Gasteiger partial charge in [-0.1, -0.05) is 13.8 Å². The second kappa shape index (κ2) is 21.6. The fourth-order valence-electron chi connectivity index (χ4n) is 0.443. The second-order valence-corrected chi connectivity index (χ2v) is 3.43. The van der Waals surface area contributed by atoms with E-state index in [9.17, 15) is 9.59 Å². The molecule has 0 heterocycles. The average Bonchev–Trinajstić information content (AvgIpc) is 2.28. The van der Waals surface area contributed by atoms with Crippen molar-refractivity contribution in [3.05, 3.63) is 0 Å². The van der Waals surface area contributed by atoms with Crippen LogP contribution in [0.1, 0.15) is 55.3 Å². The monoisotopic (exact) mass is 262 g/mol. The normalized spacial score (nSPS) is 8.61. The van der Waals surface area contributed by atoms with Gasteiger partial charge in [0.25, 0.3) is 0 Å². The van der Waals surface area contributed by atoms with Crippen LogP contribution in [0, 0.1) is 28.6 Å². The van der Waals surface area contributed by atoms with E-state index >= 15 is 0 Å². The van der Waals surface area contributed by atoms with E-state index in [1.54, 1.807) is 13.8 Å². The molecule has 0 fully saturated rings. The topological polar surface area (TPSA) is 81.7 Å². The maximum Gasteiger partial charge on any atom is 1.00 e. The van der Waals surface area contributed by atoms with Gasteiger partial charge in [0, 0.05) is 12.8 Å². The number of nitrogens with zero attached hydrogens (tertiary/aromatic N) is 2. The quantitative estimate of drug-likeness (QED) is 0.678. The van der Waals surface area contributed by atoms with Crippen molar-refractivity contribution in [1.82, 2.24) is 0 Å². The van der Waals surface area contributed by atoms with Gasteiger partial charge in [0.2, 0.25) is 0 Å². The smallest absolute Gasteiger partial charge is 1.00 e. The Hall–Kier alpha value is -0.680. The molecule has 0 saturated carbocycles. The molecule has 0 radical (unpaired) electrons. The van der Waals surface area contributed by atoms with Gasteiger partial charge in [-0.15, -0.1) is 0 Å². The summed E-state index contributed by atoms with van der Waals surface area (Å²) >= 11 is 0. The first-order valence-electron chi connectivity index (χ1n) is 5.63. The van der Waals surface area contributed by atoms with Crippen LogP contribution in [0.5, 0.6) is 0 Å². The van der Waals surface area contributed by atoms with Gasteiger partial charge in [0.05, 0.1) is 12.1 Å². The fraction of sp³-hybridized carbons (Fsp3) is 0.692. The van der Waals surface area contributed by atoms with E-state index in [4.69, 9.17) is 10.5 Å². The summed E-state index contributed by atoms with van der Waals surface area (Å²) in [6.07, 6.45) is 2.34. The predicted molar refractivity (Wildman–Crippen MR) is 68.1 cm³/mol. The Morgan fingerprint density at radius 2 is 1.61 bits per heavy atom. The maximum atomic E-state index is 10.2. The Kier molecular flexibility index (Phi) is 31.2. The molecule has 0 saturated heterocycles. The van der Waals surface area contributed by atoms with Crippen LogP contribution >= 0.6 is 0 Å². The van der Waals surface area contributed by atoms with Gasteiger partial charge in [0.15, 0.2) is 0 Å². The summed E-state index contributed by atoms with van der Waals surface area (Å²) in [6.45, 7) is 8.43. The van der Waals surface area contributed by atoms with Crippen LogP contribution in [0.4, 0.5) is 0 Å². The van der Waals surface area contributed by atoms with E-state index in [1.807, 2.05) is 26.0 Å². The Bertz CT molecular complexity index is 296. The summed E-state index contributed by atoms with van der Waals surface area (Å²) in [6, 6.07) is 3.75. The van der Waals surface area contributed by atoms with Crippen molar-refractivity contribution in [2.45, 2.75) is 53.9 Å². The third kappa shape index (κ3) is 36.2. The van der Waals surface area contributed by atoms with Gasteiger partial charge in [-0.25, -0.2) is 0 Å². The molecule has 0 bridgehead atoms. The summed E-state index contributed by atoms with van der Waals surface area (Å²) in [4.78, 5) is 20.2. The molecule has 5 heteroatoms. The zero-order valence-electron chi connectivity index (χ0n) is 13.4. The third-order valence-electron chi connectivity index (χ3n) is 1.56. The molecule has 4 nitrogen and oxygen atoms in total. The first-order valence-corrected chi connectivity index (χ1v) is 5.63. The number of hydrogen-bond donors (Lipinski definition) is 0. The van der Waals surface area contributed by atoms with Crippen molar-refractivity contribution in [3.8, 4) is 12.1 Å². The number of ketones is 2. The minimum atomic E-state index is -0.431. The van der Waals surface area contributed by atoms with Crippen LogP contribution in [0.25, 0.3) is 0 Å². The minimum absolute atomic E-state index is 0. The fourth-order valence-corrected chi connectivity index (χ4v) is 0.443. The van der Waals surface area contributed by atoms with Gasteiger partial charge in [0.1, 0.15) is 17.5 Å². The van der Waals surface area contributed by atoms with Crippen molar-refractivity contribution in [2.24, 2.45) is 5.92 Å². The molecule has 0 spiro atoms. The van der Waals surface area contributed by atoms with E-state index in [-0.39, 0.29) is 42.6 Å². The van der Waals surface area contributed by atoms with Gasteiger partial charge in [-0.2, -0.15) is 10.5 Å². The Labute approximate surface area is 134 Å². The molecular formula is C13H23N2NaO2. The number of carbonyl (C=O) groups is 2. The SMILES string of the molecule is CC(=O)C(C)C#N.CCC#N.CCCC(C)=O.[H-].[Na+]. The molecule has 0 aromatic rings. The van der Waals surface area contributed by atoms with Crippen LogP contribution in [0.2, 0.25) is 0 Å². The van der Waals surface area contributed by atoms with Crippen molar-refractivity contribution in [2.75, 3.05) is 0 Å². The molecule has 0 rings (SSSR count). The zero-order chi connectivity index (χ0) is 14.3. The van der Waals surface area contributed by atoms with Crippen molar-refractivity contribution < 1.29 is 40.6 Å². The molecule has 0 amide bonds. The van der Waals surface area contributed by atoms with Crippen LogP contribution in [-0.4, -0.2) is 11.6 Å². The second-order valence-electron chi connectivity index (χ2n) is 3.43. The Morgan fingerprint density at radius 3 is 1.61 bits per heavy atom. The summed E-state index contributed by atoms with van der Waals surface area (Å²) in [7, 11) is 0. The summed E-state index contributed by atoms with van der Waals surface area (Å²) in [5.74, 6) is -0.208. The number of hydrogen-bond acceptors (Lipinski definition) is 4. The van der Waals surface area contributed by atoms with Crippen LogP contribution in [-0.2, 0) is 9.59 Å².